The van der Waals surface area contributed by atoms with Crippen LogP contribution >= 0.6 is 23.4 Å². The number of nitrogens with one attached hydrogen (secondary N) is 1. The molecule has 12 heteroatoms. The molecule has 4 rings (SSSR count). The van der Waals surface area contributed by atoms with E-state index in [4.69, 9.17) is 11.6 Å². The van der Waals surface area contributed by atoms with Crippen LogP contribution in [0.2, 0.25) is 5.02 Å². The molecule has 1 aromatic heterocycles. The molecule has 168 valence electrons. The van der Waals surface area contributed by atoms with E-state index in [9.17, 15) is 13.2 Å². The van der Waals surface area contributed by atoms with Gasteiger partial charge in [0.15, 0.2) is 5.16 Å². The summed E-state index contributed by atoms with van der Waals surface area (Å²) in [6.07, 6.45) is 4.51. The lowest BCUT2D eigenvalue weighted by Gasteiger charge is -2.18. The van der Waals surface area contributed by atoms with Crippen LogP contribution in [0.4, 0.5) is 11.6 Å². The molecule has 9 nitrogen and oxygen atoms in total. The number of rotatable bonds is 8. The maximum absolute atomic E-state index is 12.6. The Bertz CT molecular complexity index is 1080. The van der Waals surface area contributed by atoms with Crippen LogP contribution in [0.1, 0.15) is 31.7 Å². The number of nitrogens with zero attached hydrogens (tertiary/aromatic N) is 5. The molecule has 2 heterocycles. The molecule has 1 N–H and O–H groups in total. The van der Waals surface area contributed by atoms with E-state index in [0.29, 0.717) is 6.04 Å². The van der Waals surface area contributed by atoms with Gasteiger partial charge in [0.2, 0.25) is 21.9 Å². The van der Waals surface area contributed by atoms with E-state index < -0.39 is 10.0 Å². The van der Waals surface area contributed by atoms with Gasteiger partial charge in [-0.25, -0.2) is 12.7 Å². The predicted molar refractivity (Wildman–Crippen MR) is 121 cm³/mol. The third kappa shape index (κ3) is 4.84. The van der Waals surface area contributed by atoms with Crippen molar-refractivity contribution in [3.05, 3.63) is 23.2 Å². The number of sulfonamides is 1. The normalized spacial score (nSPS) is 16.8. The highest BCUT2D eigenvalue weighted by Crippen LogP contribution is 2.41. The van der Waals surface area contributed by atoms with Gasteiger partial charge in [0.05, 0.1) is 21.4 Å². The largest absolute Gasteiger partial charge is 0.341 e. The molecule has 1 saturated carbocycles. The summed E-state index contributed by atoms with van der Waals surface area (Å²) < 4.78 is 28.0. The molecule has 0 spiro atoms. The van der Waals surface area contributed by atoms with Crippen LogP contribution in [0.25, 0.3) is 0 Å². The van der Waals surface area contributed by atoms with E-state index >= 15 is 0 Å². The first kappa shape index (κ1) is 22.4. The summed E-state index contributed by atoms with van der Waals surface area (Å²) in [7, 11) is -0.730. The Labute approximate surface area is 191 Å². The Kier molecular flexibility index (Phi) is 6.47. The Hall–Kier alpha value is -1.82. The van der Waals surface area contributed by atoms with E-state index in [0.717, 1.165) is 54.2 Å². The number of benzene rings is 1. The van der Waals surface area contributed by atoms with Crippen molar-refractivity contribution < 1.29 is 13.2 Å². The molecule has 2 fully saturated rings. The molecular weight excluding hydrogens is 460 g/mol. The Balaban J connectivity index is 1.45. The average Bonchev–Trinajstić information content (AvgIpc) is 3.24. The van der Waals surface area contributed by atoms with Crippen LogP contribution in [-0.4, -0.2) is 66.3 Å². The predicted octanol–water partition coefficient (Wildman–Crippen LogP) is 2.85. The quantitative estimate of drug-likeness (QED) is 0.575. The minimum absolute atomic E-state index is 0.0635. The second-order valence-electron chi connectivity index (χ2n) is 7.84. The van der Waals surface area contributed by atoms with Gasteiger partial charge in [0.1, 0.15) is 0 Å². The lowest BCUT2D eigenvalue weighted by atomic mass is 10.3. The summed E-state index contributed by atoms with van der Waals surface area (Å²) in [6, 6.07) is 4.66. The van der Waals surface area contributed by atoms with Gasteiger partial charge in [-0.05, 0) is 43.9 Å². The maximum Gasteiger partial charge on any atom is 0.242 e. The highest BCUT2D eigenvalue weighted by Gasteiger charge is 2.32. The first-order valence-corrected chi connectivity index (χ1v) is 12.9. The molecule has 1 saturated heterocycles. The monoisotopic (exact) mass is 484 g/mol. The molecule has 1 amide bonds. The van der Waals surface area contributed by atoms with Crippen LogP contribution in [0.15, 0.2) is 28.3 Å². The maximum atomic E-state index is 12.6. The Morgan fingerprint density at radius 3 is 2.61 bits per heavy atom. The molecule has 0 bridgehead atoms. The number of carbonyl (C=O) groups is 1. The van der Waals surface area contributed by atoms with Crippen molar-refractivity contribution in [3.63, 3.8) is 0 Å². The molecule has 0 radical (unpaired) electrons. The summed E-state index contributed by atoms with van der Waals surface area (Å²) in [5.74, 6) is 0.721. The van der Waals surface area contributed by atoms with Gasteiger partial charge >= 0.3 is 0 Å². The minimum atomic E-state index is -3.63. The van der Waals surface area contributed by atoms with Crippen LogP contribution in [-0.2, 0) is 14.8 Å². The lowest BCUT2D eigenvalue weighted by Crippen LogP contribution is -2.23. The van der Waals surface area contributed by atoms with Crippen molar-refractivity contribution in [2.45, 2.75) is 41.8 Å². The number of amides is 1. The third-order valence-corrected chi connectivity index (χ3v) is 8.35. The zero-order valence-electron chi connectivity index (χ0n) is 17.4. The number of anilines is 2. The van der Waals surface area contributed by atoms with Gasteiger partial charge in [-0.3, -0.25) is 9.36 Å². The van der Waals surface area contributed by atoms with Gasteiger partial charge in [0.25, 0.3) is 0 Å². The second kappa shape index (κ2) is 8.97. The molecular formula is C19H25ClN6O3S2. The number of thioether (sulfide) groups is 1. The van der Waals surface area contributed by atoms with Crippen molar-refractivity contribution >= 4 is 50.9 Å². The average molecular weight is 485 g/mol. The number of hydrogen-bond donors (Lipinski definition) is 1. The molecule has 1 aliphatic carbocycles. The topological polar surface area (TPSA) is 100 Å². The molecule has 0 unspecified atom stereocenters. The first-order valence-electron chi connectivity index (χ1n) is 10.1. The summed E-state index contributed by atoms with van der Waals surface area (Å²) in [5, 5.41) is 12.4. The Morgan fingerprint density at radius 2 is 1.97 bits per heavy atom. The Morgan fingerprint density at radius 1 is 1.26 bits per heavy atom. The van der Waals surface area contributed by atoms with E-state index in [-0.39, 0.29) is 27.3 Å². The number of aromatic nitrogens is 3. The van der Waals surface area contributed by atoms with Crippen molar-refractivity contribution in [3.8, 4) is 0 Å². The fraction of sp³-hybridized carbons (Fsp3) is 0.526. The van der Waals surface area contributed by atoms with E-state index in [2.05, 4.69) is 25.0 Å². The number of carbonyl (C=O) groups excluding carboxylic acids is 1. The van der Waals surface area contributed by atoms with Gasteiger partial charge in [-0.1, -0.05) is 23.4 Å². The van der Waals surface area contributed by atoms with Gasteiger partial charge < -0.3 is 10.2 Å². The molecule has 2 aromatic rings. The smallest absolute Gasteiger partial charge is 0.242 e. The number of hydrogen-bond acceptors (Lipinski definition) is 7. The molecule has 0 atom stereocenters. The molecule has 1 aliphatic heterocycles. The van der Waals surface area contributed by atoms with E-state index in [1.54, 1.807) is 0 Å². The zero-order chi connectivity index (χ0) is 22.2. The fourth-order valence-electron chi connectivity index (χ4n) is 3.44. The molecule has 31 heavy (non-hydrogen) atoms. The number of halogens is 1. The highest BCUT2D eigenvalue weighted by molar-refractivity contribution is 7.99. The summed E-state index contributed by atoms with van der Waals surface area (Å²) in [6.45, 7) is 1.97. The third-order valence-electron chi connectivity index (χ3n) is 5.27. The van der Waals surface area contributed by atoms with Crippen molar-refractivity contribution in [2.24, 2.45) is 0 Å². The van der Waals surface area contributed by atoms with Crippen LogP contribution in [0, 0.1) is 0 Å². The van der Waals surface area contributed by atoms with Gasteiger partial charge in [-0.15, -0.1) is 10.2 Å². The van der Waals surface area contributed by atoms with Crippen LogP contribution < -0.4 is 10.2 Å². The minimum Gasteiger partial charge on any atom is -0.341 e. The van der Waals surface area contributed by atoms with Crippen molar-refractivity contribution in [2.75, 3.05) is 43.2 Å². The summed E-state index contributed by atoms with van der Waals surface area (Å²) in [4.78, 5) is 14.9. The van der Waals surface area contributed by atoms with Gasteiger partial charge in [-0.2, -0.15) is 0 Å². The lowest BCUT2D eigenvalue weighted by molar-refractivity contribution is -0.113. The van der Waals surface area contributed by atoms with E-state index in [1.165, 1.54) is 44.1 Å². The zero-order valence-corrected chi connectivity index (χ0v) is 19.8. The van der Waals surface area contributed by atoms with Crippen LogP contribution in [0.3, 0.4) is 0 Å². The van der Waals surface area contributed by atoms with Crippen molar-refractivity contribution in [1.82, 2.24) is 19.1 Å². The van der Waals surface area contributed by atoms with Crippen molar-refractivity contribution in [1.29, 1.82) is 0 Å². The van der Waals surface area contributed by atoms with Crippen LogP contribution in [0.5, 0.6) is 0 Å². The first-order chi connectivity index (χ1) is 14.8. The van der Waals surface area contributed by atoms with Gasteiger partial charge in [0, 0.05) is 33.2 Å². The molecule has 1 aromatic carbocycles. The van der Waals surface area contributed by atoms with E-state index in [1.807, 2.05) is 0 Å². The second-order valence-corrected chi connectivity index (χ2v) is 11.3. The highest BCUT2D eigenvalue weighted by atomic mass is 35.5. The standard InChI is InChI=1S/C19H25ClN6O3S2/c1-24(2)31(28,29)14-7-8-15(20)16(11-14)21-17(27)12-30-19-23-22-18(25-9-3-4-10-25)26(19)13-5-6-13/h7-8,11,13H,3-6,9-10,12H2,1-2H3,(H,21,27). The summed E-state index contributed by atoms with van der Waals surface area (Å²) >= 11 is 7.50. The SMILES string of the molecule is CN(C)S(=O)(=O)c1ccc(Cl)c(NC(=O)CSc2nnc(N3CCCC3)n2C2CC2)c1. The molecule has 2 aliphatic rings. The summed E-state index contributed by atoms with van der Waals surface area (Å²) in [5.41, 5.74) is 0.261. The fourth-order valence-corrected chi connectivity index (χ4v) is 5.33.